The van der Waals surface area contributed by atoms with Crippen molar-refractivity contribution in [3.05, 3.63) is 15.6 Å². The lowest BCUT2D eigenvalue weighted by atomic mass is 10.0. The normalized spacial score (nSPS) is 19.8. The fourth-order valence-corrected chi connectivity index (χ4v) is 4.53. The average molecular weight is 321 g/mol. The summed E-state index contributed by atoms with van der Waals surface area (Å²) in [4.78, 5) is 13.2. The lowest BCUT2D eigenvalue weighted by Gasteiger charge is -2.21. The zero-order chi connectivity index (χ0) is 15.2. The number of aliphatic imine (C=N–C) groups is 1. The van der Waals surface area contributed by atoms with Crippen LogP contribution in [0.5, 0.6) is 0 Å². The molecule has 0 saturated carbocycles. The SMILES string of the molecule is NC(=NCCCc1nc2c(s1)CCCC2)N1CCCCCC1. The van der Waals surface area contributed by atoms with Gasteiger partial charge in [-0.25, -0.2) is 4.98 Å². The molecular formula is C17H28N4S. The first-order valence-electron chi connectivity index (χ1n) is 8.85. The van der Waals surface area contributed by atoms with E-state index in [2.05, 4.69) is 9.89 Å². The van der Waals surface area contributed by atoms with E-state index in [4.69, 9.17) is 10.7 Å². The Morgan fingerprint density at radius 2 is 1.86 bits per heavy atom. The van der Waals surface area contributed by atoms with Crippen LogP contribution in [0.3, 0.4) is 0 Å². The molecule has 2 N–H and O–H groups in total. The third-order valence-electron chi connectivity index (χ3n) is 4.64. The summed E-state index contributed by atoms with van der Waals surface area (Å²) >= 11 is 1.92. The Hall–Kier alpha value is -1.10. The van der Waals surface area contributed by atoms with Crippen molar-refractivity contribution >= 4 is 17.3 Å². The first-order chi connectivity index (χ1) is 10.8. The van der Waals surface area contributed by atoms with Crippen LogP contribution in [0.15, 0.2) is 4.99 Å². The zero-order valence-corrected chi connectivity index (χ0v) is 14.3. The number of nitrogens with two attached hydrogens (primary N) is 1. The molecule has 2 aliphatic rings. The van der Waals surface area contributed by atoms with Crippen LogP contribution in [0.2, 0.25) is 0 Å². The molecule has 2 heterocycles. The molecule has 5 heteroatoms. The summed E-state index contributed by atoms with van der Waals surface area (Å²) in [6, 6.07) is 0. The second kappa shape index (κ2) is 7.95. The van der Waals surface area contributed by atoms with Crippen molar-refractivity contribution < 1.29 is 0 Å². The average Bonchev–Trinajstić information content (AvgIpc) is 2.75. The van der Waals surface area contributed by atoms with Crippen molar-refractivity contribution in [1.29, 1.82) is 0 Å². The predicted molar refractivity (Wildman–Crippen MR) is 93.6 cm³/mol. The third kappa shape index (κ3) is 4.22. The van der Waals surface area contributed by atoms with Crippen LogP contribution in [-0.2, 0) is 19.3 Å². The van der Waals surface area contributed by atoms with Gasteiger partial charge in [-0.3, -0.25) is 4.99 Å². The first kappa shape index (κ1) is 15.8. The fourth-order valence-electron chi connectivity index (χ4n) is 3.34. The van der Waals surface area contributed by atoms with Gasteiger partial charge in [-0.15, -0.1) is 11.3 Å². The molecule has 0 atom stereocenters. The van der Waals surface area contributed by atoms with Gasteiger partial charge in [0.25, 0.3) is 0 Å². The number of nitrogens with zero attached hydrogens (tertiary/aromatic N) is 3. The number of fused-ring (bicyclic) bond motifs is 1. The summed E-state index contributed by atoms with van der Waals surface area (Å²) < 4.78 is 0. The third-order valence-corrected chi connectivity index (χ3v) is 5.86. The fraction of sp³-hybridized carbons (Fsp3) is 0.765. The number of thiazole rings is 1. The van der Waals surface area contributed by atoms with Crippen LogP contribution < -0.4 is 5.73 Å². The lowest BCUT2D eigenvalue weighted by molar-refractivity contribution is 0.428. The summed E-state index contributed by atoms with van der Waals surface area (Å²) in [5, 5.41) is 1.30. The van der Waals surface area contributed by atoms with Crippen LogP contribution >= 0.6 is 11.3 Å². The summed E-state index contributed by atoms with van der Waals surface area (Å²) in [7, 11) is 0. The van der Waals surface area contributed by atoms with Gasteiger partial charge >= 0.3 is 0 Å². The topological polar surface area (TPSA) is 54.5 Å². The van der Waals surface area contributed by atoms with Gasteiger partial charge in [0.05, 0.1) is 10.7 Å². The number of rotatable bonds is 4. The molecule has 122 valence electrons. The smallest absolute Gasteiger partial charge is 0.191 e. The molecular weight excluding hydrogens is 292 g/mol. The molecule has 0 spiro atoms. The Labute approximate surface area is 137 Å². The minimum atomic E-state index is 0.750. The molecule has 1 aromatic rings. The molecule has 1 aliphatic carbocycles. The largest absolute Gasteiger partial charge is 0.370 e. The van der Waals surface area contributed by atoms with Crippen LogP contribution in [0.1, 0.15) is 60.5 Å². The van der Waals surface area contributed by atoms with Crippen LogP contribution in [0.25, 0.3) is 0 Å². The maximum atomic E-state index is 6.14. The maximum Gasteiger partial charge on any atom is 0.191 e. The van der Waals surface area contributed by atoms with E-state index in [1.807, 2.05) is 11.3 Å². The van der Waals surface area contributed by atoms with Gasteiger partial charge in [-0.2, -0.15) is 0 Å². The molecule has 0 unspecified atom stereocenters. The molecule has 1 aromatic heterocycles. The van der Waals surface area contributed by atoms with E-state index >= 15 is 0 Å². The summed E-state index contributed by atoms with van der Waals surface area (Å²) in [5.41, 5.74) is 7.51. The summed E-state index contributed by atoms with van der Waals surface area (Å²) in [6.45, 7) is 2.98. The monoisotopic (exact) mass is 320 g/mol. The van der Waals surface area contributed by atoms with Crippen LogP contribution in [0.4, 0.5) is 0 Å². The molecule has 0 radical (unpaired) electrons. The molecule has 1 fully saturated rings. The first-order valence-corrected chi connectivity index (χ1v) is 9.67. The standard InChI is InChI=1S/C17H28N4S/c18-17(21-12-5-1-2-6-13-21)19-11-7-10-16-20-14-8-3-4-9-15(14)22-16/h1-13H2,(H2,18,19). The van der Waals surface area contributed by atoms with E-state index in [0.717, 1.165) is 38.4 Å². The van der Waals surface area contributed by atoms with Gasteiger partial charge in [0, 0.05) is 30.9 Å². The highest BCUT2D eigenvalue weighted by Crippen LogP contribution is 2.27. The van der Waals surface area contributed by atoms with E-state index in [1.165, 1.54) is 66.9 Å². The van der Waals surface area contributed by atoms with Crippen molar-refractivity contribution in [1.82, 2.24) is 9.88 Å². The number of guanidine groups is 1. The lowest BCUT2D eigenvalue weighted by Crippen LogP contribution is -2.38. The number of aromatic nitrogens is 1. The molecule has 22 heavy (non-hydrogen) atoms. The van der Waals surface area contributed by atoms with Gasteiger partial charge in [0.1, 0.15) is 0 Å². The van der Waals surface area contributed by atoms with Gasteiger partial charge in [0.2, 0.25) is 0 Å². The Morgan fingerprint density at radius 3 is 2.64 bits per heavy atom. The molecule has 3 rings (SSSR count). The molecule has 0 aromatic carbocycles. The highest BCUT2D eigenvalue weighted by Gasteiger charge is 2.15. The minimum absolute atomic E-state index is 0.750. The van der Waals surface area contributed by atoms with Gasteiger partial charge in [-0.05, 0) is 44.9 Å². The molecule has 4 nitrogen and oxygen atoms in total. The number of aryl methyl sites for hydroxylation is 3. The second-order valence-electron chi connectivity index (χ2n) is 6.43. The second-order valence-corrected chi connectivity index (χ2v) is 7.60. The highest BCUT2D eigenvalue weighted by atomic mass is 32.1. The van der Waals surface area contributed by atoms with Gasteiger partial charge < -0.3 is 10.6 Å². The molecule has 1 saturated heterocycles. The van der Waals surface area contributed by atoms with Crippen molar-refractivity contribution in [3.63, 3.8) is 0 Å². The van der Waals surface area contributed by atoms with E-state index in [-0.39, 0.29) is 0 Å². The Balaban J connectivity index is 1.44. The number of hydrogen-bond acceptors (Lipinski definition) is 3. The van der Waals surface area contributed by atoms with E-state index in [1.54, 1.807) is 0 Å². The van der Waals surface area contributed by atoms with Crippen LogP contribution in [0, 0.1) is 0 Å². The Kier molecular flexibility index (Phi) is 5.70. The molecule has 1 aliphatic heterocycles. The van der Waals surface area contributed by atoms with Crippen molar-refractivity contribution in [3.8, 4) is 0 Å². The summed E-state index contributed by atoms with van der Waals surface area (Å²) in [6.07, 6.45) is 12.4. The zero-order valence-electron chi connectivity index (χ0n) is 13.5. The molecule has 0 bridgehead atoms. The Bertz CT molecular complexity index is 477. The summed E-state index contributed by atoms with van der Waals surface area (Å²) in [5.74, 6) is 0.750. The number of hydrogen-bond donors (Lipinski definition) is 1. The van der Waals surface area contributed by atoms with E-state index in [0.29, 0.717) is 0 Å². The van der Waals surface area contributed by atoms with Crippen molar-refractivity contribution in [2.24, 2.45) is 10.7 Å². The number of likely N-dealkylation sites (tertiary alicyclic amines) is 1. The van der Waals surface area contributed by atoms with Crippen molar-refractivity contribution in [2.75, 3.05) is 19.6 Å². The minimum Gasteiger partial charge on any atom is -0.370 e. The Morgan fingerprint density at radius 1 is 1.09 bits per heavy atom. The van der Waals surface area contributed by atoms with E-state index in [9.17, 15) is 0 Å². The van der Waals surface area contributed by atoms with Gasteiger partial charge in [0.15, 0.2) is 5.96 Å². The molecule has 0 amide bonds. The quantitative estimate of drug-likeness (QED) is 0.527. The van der Waals surface area contributed by atoms with Crippen molar-refractivity contribution in [2.45, 2.75) is 64.2 Å². The van der Waals surface area contributed by atoms with E-state index < -0.39 is 0 Å². The maximum absolute atomic E-state index is 6.14. The van der Waals surface area contributed by atoms with Gasteiger partial charge in [-0.1, -0.05) is 12.8 Å². The van der Waals surface area contributed by atoms with Crippen LogP contribution in [-0.4, -0.2) is 35.5 Å². The predicted octanol–water partition coefficient (Wildman–Crippen LogP) is 3.15. The highest BCUT2D eigenvalue weighted by molar-refractivity contribution is 7.11.